The number of carbonyl (C=O) groups excluding carboxylic acids is 1. The SMILES string of the molecule is C[C@@H]1CCCCN1S(=O)(=O)c1ccc(C(=O)N(C)CCOc2ccc(Cl)cc2)cc1. The van der Waals surface area contributed by atoms with Gasteiger partial charge in [0.2, 0.25) is 10.0 Å². The van der Waals surface area contributed by atoms with Crippen LogP contribution in [0.3, 0.4) is 0 Å². The van der Waals surface area contributed by atoms with E-state index in [0.29, 0.717) is 36.0 Å². The first kappa shape index (κ1) is 22.6. The summed E-state index contributed by atoms with van der Waals surface area (Å²) in [6, 6.07) is 13.2. The van der Waals surface area contributed by atoms with Crippen molar-refractivity contribution in [3.8, 4) is 5.75 Å². The lowest BCUT2D eigenvalue weighted by Crippen LogP contribution is -2.41. The lowest BCUT2D eigenvalue weighted by Gasteiger charge is -2.32. The Morgan fingerprint density at radius 2 is 1.80 bits per heavy atom. The van der Waals surface area contributed by atoms with Gasteiger partial charge in [0.25, 0.3) is 5.91 Å². The van der Waals surface area contributed by atoms with Crippen molar-refractivity contribution in [3.05, 3.63) is 59.1 Å². The highest BCUT2D eigenvalue weighted by atomic mass is 35.5. The smallest absolute Gasteiger partial charge is 0.253 e. The van der Waals surface area contributed by atoms with Gasteiger partial charge in [-0.2, -0.15) is 4.31 Å². The van der Waals surface area contributed by atoms with Gasteiger partial charge in [0.1, 0.15) is 12.4 Å². The molecule has 0 bridgehead atoms. The Kier molecular flexibility index (Phi) is 7.39. The van der Waals surface area contributed by atoms with Crippen LogP contribution in [0.4, 0.5) is 0 Å². The van der Waals surface area contributed by atoms with Gasteiger partial charge in [-0.3, -0.25) is 4.79 Å². The van der Waals surface area contributed by atoms with Crippen LogP contribution >= 0.6 is 11.6 Å². The molecule has 6 nitrogen and oxygen atoms in total. The predicted octanol–water partition coefficient (Wildman–Crippen LogP) is 4.05. The van der Waals surface area contributed by atoms with Crippen molar-refractivity contribution >= 4 is 27.5 Å². The molecule has 0 aliphatic carbocycles. The highest BCUT2D eigenvalue weighted by molar-refractivity contribution is 7.89. The molecule has 3 rings (SSSR count). The highest BCUT2D eigenvalue weighted by Gasteiger charge is 2.31. The van der Waals surface area contributed by atoms with Gasteiger partial charge < -0.3 is 9.64 Å². The van der Waals surface area contributed by atoms with Crippen LogP contribution in [-0.4, -0.2) is 56.3 Å². The van der Waals surface area contributed by atoms with Crippen molar-refractivity contribution in [2.24, 2.45) is 0 Å². The van der Waals surface area contributed by atoms with Gasteiger partial charge in [-0.05, 0) is 68.3 Å². The highest BCUT2D eigenvalue weighted by Crippen LogP contribution is 2.25. The van der Waals surface area contributed by atoms with E-state index in [1.165, 1.54) is 12.1 Å². The van der Waals surface area contributed by atoms with Crippen molar-refractivity contribution in [3.63, 3.8) is 0 Å². The molecule has 1 aliphatic rings. The van der Waals surface area contributed by atoms with Crippen molar-refractivity contribution in [2.45, 2.75) is 37.1 Å². The molecule has 1 fully saturated rings. The Labute approximate surface area is 183 Å². The summed E-state index contributed by atoms with van der Waals surface area (Å²) in [4.78, 5) is 14.4. The Morgan fingerprint density at radius 3 is 2.43 bits per heavy atom. The summed E-state index contributed by atoms with van der Waals surface area (Å²) in [5, 5.41) is 0.634. The maximum atomic E-state index is 12.9. The topological polar surface area (TPSA) is 66.9 Å². The molecule has 162 valence electrons. The van der Waals surface area contributed by atoms with Gasteiger partial charge in [-0.15, -0.1) is 0 Å². The molecule has 2 aromatic carbocycles. The number of likely N-dealkylation sites (N-methyl/N-ethyl adjacent to an activating group) is 1. The molecular weight excluding hydrogens is 424 g/mol. The summed E-state index contributed by atoms with van der Waals surface area (Å²) in [5.41, 5.74) is 0.439. The molecule has 0 N–H and O–H groups in total. The van der Waals surface area contributed by atoms with Gasteiger partial charge in [-0.25, -0.2) is 8.42 Å². The monoisotopic (exact) mass is 450 g/mol. The van der Waals surface area contributed by atoms with Crippen LogP contribution in [0.25, 0.3) is 0 Å². The summed E-state index contributed by atoms with van der Waals surface area (Å²) in [5.74, 6) is 0.492. The number of piperidine rings is 1. The van der Waals surface area contributed by atoms with Gasteiger partial charge in [0.15, 0.2) is 0 Å². The van der Waals surface area contributed by atoms with E-state index in [2.05, 4.69) is 0 Å². The van der Waals surface area contributed by atoms with Crippen LogP contribution in [0, 0.1) is 0 Å². The predicted molar refractivity (Wildman–Crippen MR) is 118 cm³/mol. The van der Waals surface area contributed by atoms with Gasteiger partial charge in [-0.1, -0.05) is 18.0 Å². The van der Waals surface area contributed by atoms with Crippen LogP contribution in [0.2, 0.25) is 5.02 Å². The minimum atomic E-state index is -3.54. The second-order valence-electron chi connectivity index (χ2n) is 7.51. The molecule has 1 heterocycles. The third kappa shape index (κ3) is 5.33. The Bertz CT molecular complexity index is 962. The minimum absolute atomic E-state index is 0.00293. The quantitative estimate of drug-likeness (QED) is 0.638. The molecule has 0 saturated carbocycles. The second kappa shape index (κ2) is 9.81. The number of carbonyl (C=O) groups is 1. The van der Waals surface area contributed by atoms with Gasteiger partial charge in [0, 0.05) is 30.2 Å². The maximum Gasteiger partial charge on any atom is 0.253 e. The second-order valence-corrected chi connectivity index (χ2v) is 9.84. The summed E-state index contributed by atoms with van der Waals surface area (Å²) >= 11 is 5.85. The lowest BCUT2D eigenvalue weighted by molar-refractivity contribution is 0.0773. The Hall–Kier alpha value is -2.09. The number of amides is 1. The number of halogens is 1. The maximum absolute atomic E-state index is 12.9. The summed E-state index contributed by atoms with van der Waals surface area (Å²) in [7, 11) is -1.85. The third-order valence-corrected chi connectivity index (χ3v) is 7.59. The molecule has 1 aliphatic heterocycles. The standard InChI is InChI=1S/C22H27ClN2O4S/c1-17-5-3-4-14-25(17)30(27,28)21-12-6-18(7-13-21)22(26)24(2)15-16-29-20-10-8-19(23)9-11-20/h6-13,17H,3-5,14-16H2,1-2H3/t17-/m1/s1. The van der Waals surface area contributed by atoms with E-state index < -0.39 is 10.0 Å². The van der Waals surface area contributed by atoms with E-state index in [0.717, 1.165) is 19.3 Å². The first-order chi connectivity index (χ1) is 14.3. The summed E-state index contributed by atoms with van der Waals surface area (Å²) in [6.45, 7) is 3.21. The van der Waals surface area contributed by atoms with E-state index in [9.17, 15) is 13.2 Å². The van der Waals surface area contributed by atoms with Crippen LogP contribution in [0.15, 0.2) is 53.4 Å². The molecular formula is C22H27ClN2O4S. The fourth-order valence-electron chi connectivity index (χ4n) is 3.49. The van der Waals surface area contributed by atoms with Gasteiger partial charge in [0.05, 0.1) is 11.4 Å². The normalized spacial score (nSPS) is 17.5. The number of hydrogen-bond acceptors (Lipinski definition) is 4. The number of sulfonamides is 1. The molecule has 2 aromatic rings. The lowest BCUT2D eigenvalue weighted by atomic mass is 10.1. The summed E-state index contributed by atoms with van der Waals surface area (Å²) < 4.78 is 33.0. The molecule has 0 spiro atoms. The van der Waals surface area contributed by atoms with Crippen molar-refractivity contribution < 1.29 is 17.9 Å². The number of benzene rings is 2. The number of hydrogen-bond donors (Lipinski definition) is 0. The first-order valence-corrected chi connectivity index (χ1v) is 11.9. The van der Waals surface area contributed by atoms with Crippen LogP contribution < -0.4 is 4.74 Å². The van der Waals surface area contributed by atoms with Crippen molar-refractivity contribution in [1.82, 2.24) is 9.21 Å². The number of nitrogens with zero attached hydrogens (tertiary/aromatic N) is 2. The average molecular weight is 451 g/mol. The molecule has 1 saturated heterocycles. The minimum Gasteiger partial charge on any atom is -0.492 e. The molecule has 0 aromatic heterocycles. The first-order valence-electron chi connectivity index (χ1n) is 10.0. The number of rotatable bonds is 7. The van der Waals surface area contributed by atoms with Crippen LogP contribution in [-0.2, 0) is 10.0 Å². The zero-order valence-electron chi connectivity index (χ0n) is 17.3. The van der Waals surface area contributed by atoms with Crippen LogP contribution in [0.5, 0.6) is 5.75 Å². The fourth-order valence-corrected chi connectivity index (χ4v) is 5.31. The third-order valence-electron chi connectivity index (χ3n) is 5.31. The summed E-state index contributed by atoms with van der Waals surface area (Å²) in [6.07, 6.45) is 2.80. The molecule has 1 amide bonds. The van der Waals surface area contributed by atoms with Crippen LogP contribution in [0.1, 0.15) is 36.5 Å². The average Bonchev–Trinajstić information content (AvgIpc) is 2.75. The Balaban J connectivity index is 1.59. The molecule has 0 unspecified atom stereocenters. The largest absolute Gasteiger partial charge is 0.492 e. The van der Waals surface area contributed by atoms with E-state index in [1.807, 2.05) is 6.92 Å². The molecule has 30 heavy (non-hydrogen) atoms. The Morgan fingerprint density at radius 1 is 1.13 bits per heavy atom. The molecule has 1 atom stereocenters. The van der Waals surface area contributed by atoms with E-state index >= 15 is 0 Å². The number of ether oxygens (including phenoxy) is 1. The zero-order chi connectivity index (χ0) is 21.7. The van der Waals surface area contributed by atoms with E-state index in [4.69, 9.17) is 16.3 Å². The molecule has 8 heteroatoms. The van der Waals surface area contributed by atoms with Gasteiger partial charge >= 0.3 is 0 Å². The van der Waals surface area contributed by atoms with E-state index in [1.54, 1.807) is 52.7 Å². The molecule has 0 radical (unpaired) electrons. The van der Waals surface area contributed by atoms with Crippen molar-refractivity contribution in [1.29, 1.82) is 0 Å². The fraction of sp³-hybridized carbons (Fsp3) is 0.409. The van der Waals surface area contributed by atoms with E-state index in [-0.39, 0.29) is 16.8 Å². The zero-order valence-corrected chi connectivity index (χ0v) is 18.8. The van der Waals surface area contributed by atoms with Crippen molar-refractivity contribution in [2.75, 3.05) is 26.7 Å².